The van der Waals surface area contributed by atoms with E-state index in [1.165, 1.54) is 25.9 Å². The monoisotopic (exact) mass is 333 g/mol. The Morgan fingerprint density at radius 1 is 1.25 bits per heavy atom. The third kappa shape index (κ3) is 3.98. The highest BCUT2D eigenvalue weighted by Crippen LogP contribution is 2.23. The van der Waals surface area contributed by atoms with Crippen LogP contribution < -0.4 is 5.32 Å². The van der Waals surface area contributed by atoms with Gasteiger partial charge in [-0.3, -0.25) is 14.4 Å². The second-order valence-electron chi connectivity index (χ2n) is 7.47. The molecule has 6 nitrogen and oxygen atoms in total. The van der Waals surface area contributed by atoms with Gasteiger partial charge >= 0.3 is 0 Å². The van der Waals surface area contributed by atoms with E-state index in [4.69, 9.17) is 0 Å². The zero-order valence-corrected chi connectivity index (χ0v) is 15.3. The number of carbonyl (C=O) groups excluding carboxylic acids is 1. The Morgan fingerprint density at radius 3 is 2.67 bits per heavy atom. The van der Waals surface area contributed by atoms with Gasteiger partial charge in [0, 0.05) is 37.4 Å². The van der Waals surface area contributed by atoms with Crippen LogP contribution >= 0.6 is 0 Å². The van der Waals surface area contributed by atoms with Crippen molar-refractivity contribution in [2.45, 2.75) is 45.2 Å². The topological polar surface area (TPSA) is 53.4 Å². The van der Waals surface area contributed by atoms with Crippen molar-refractivity contribution in [1.82, 2.24) is 24.9 Å². The number of hydrogen-bond donors (Lipinski definition) is 1. The lowest BCUT2D eigenvalue weighted by atomic mass is 9.93. The number of rotatable bonds is 4. The van der Waals surface area contributed by atoms with Crippen LogP contribution in [0, 0.1) is 12.8 Å². The number of nitrogens with one attached hydrogen (secondary N) is 1. The smallest absolute Gasteiger partial charge is 0.224 e. The molecule has 2 aliphatic rings. The normalized spacial score (nSPS) is 24.2. The molecule has 24 heavy (non-hydrogen) atoms. The van der Waals surface area contributed by atoms with Gasteiger partial charge in [0.15, 0.2) is 0 Å². The Bertz CT molecular complexity index is 562. The second-order valence-corrected chi connectivity index (χ2v) is 7.47. The van der Waals surface area contributed by atoms with E-state index < -0.39 is 0 Å². The van der Waals surface area contributed by atoms with Crippen LogP contribution in [0.2, 0.25) is 0 Å². The van der Waals surface area contributed by atoms with Crippen molar-refractivity contribution < 1.29 is 4.79 Å². The number of likely N-dealkylation sites (tertiary alicyclic amines) is 2. The number of piperidine rings is 2. The molecule has 3 heterocycles. The minimum absolute atomic E-state index is 0.135. The molecule has 2 aliphatic heterocycles. The maximum atomic E-state index is 12.6. The predicted molar refractivity (Wildman–Crippen MR) is 94.6 cm³/mol. The van der Waals surface area contributed by atoms with Gasteiger partial charge in [-0.2, -0.15) is 5.10 Å². The minimum atomic E-state index is 0.135. The lowest BCUT2D eigenvalue weighted by Crippen LogP contribution is -2.50. The summed E-state index contributed by atoms with van der Waals surface area (Å²) >= 11 is 0. The summed E-state index contributed by atoms with van der Waals surface area (Å²) < 4.78 is 1.85. The quantitative estimate of drug-likeness (QED) is 0.898. The number of aryl methyl sites for hydroxylation is 1. The van der Waals surface area contributed by atoms with Crippen molar-refractivity contribution in [3.05, 3.63) is 17.5 Å². The van der Waals surface area contributed by atoms with Gasteiger partial charge < -0.3 is 10.2 Å². The molecule has 134 valence electrons. The summed E-state index contributed by atoms with van der Waals surface area (Å²) in [5, 5.41) is 7.37. The van der Waals surface area contributed by atoms with E-state index in [-0.39, 0.29) is 11.8 Å². The van der Waals surface area contributed by atoms with E-state index in [0.717, 1.165) is 37.2 Å². The van der Waals surface area contributed by atoms with Crippen molar-refractivity contribution in [3.63, 3.8) is 0 Å². The molecule has 1 unspecified atom stereocenters. The molecule has 0 aromatic carbocycles. The maximum Gasteiger partial charge on any atom is 0.224 e. The summed E-state index contributed by atoms with van der Waals surface area (Å²) in [6.07, 6.45) is 6.47. The standard InChI is InChI=1S/C18H31N5O/c1-14-16(12-20-22(14)3)11-19-18(24)15-5-4-8-23(13-15)17-6-9-21(2)10-7-17/h12,15,17H,4-11,13H2,1-3H3,(H,19,24). The number of hydrogen-bond acceptors (Lipinski definition) is 4. The van der Waals surface area contributed by atoms with Crippen LogP contribution in [0.3, 0.4) is 0 Å². The predicted octanol–water partition coefficient (Wildman–Crippen LogP) is 1.15. The second kappa shape index (κ2) is 7.66. The molecule has 0 spiro atoms. The zero-order valence-electron chi connectivity index (χ0n) is 15.3. The molecule has 0 bridgehead atoms. The Morgan fingerprint density at radius 2 is 2.00 bits per heavy atom. The highest BCUT2D eigenvalue weighted by Gasteiger charge is 2.31. The van der Waals surface area contributed by atoms with Gasteiger partial charge in [-0.25, -0.2) is 0 Å². The van der Waals surface area contributed by atoms with Crippen molar-refractivity contribution in [2.24, 2.45) is 13.0 Å². The molecule has 1 N–H and O–H groups in total. The fourth-order valence-electron chi connectivity index (χ4n) is 3.96. The highest BCUT2D eigenvalue weighted by molar-refractivity contribution is 5.79. The van der Waals surface area contributed by atoms with Crippen LogP contribution in [-0.2, 0) is 18.4 Å². The molecule has 2 fully saturated rings. The fourth-order valence-corrected chi connectivity index (χ4v) is 3.96. The van der Waals surface area contributed by atoms with E-state index in [1.54, 1.807) is 0 Å². The summed E-state index contributed by atoms with van der Waals surface area (Å²) in [5.41, 5.74) is 2.22. The zero-order chi connectivity index (χ0) is 17.1. The first kappa shape index (κ1) is 17.4. The van der Waals surface area contributed by atoms with Gasteiger partial charge in [0.1, 0.15) is 0 Å². The molecule has 1 atom stereocenters. The van der Waals surface area contributed by atoms with Crippen molar-refractivity contribution in [2.75, 3.05) is 33.2 Å². The van der Waals surface area contributed by atoms with Crippen LogP contribution in [0.15, 0.2) is 6.20 Å². The average molecular weight is 333 g/mol. The van der Waals surface area contributed by atoms with Gasteiger partial charge in [-0.15, -0.1) is 0 Å². The van der Waals surface area contributed by atoms with Crippen molar-refractivity contribution in [1.29, 1.82) is 0 Å². The molecule has 1 aromatic heterocycles. The van der Waals surface area contributed by atoms with Gasteiger partial charge in [-0.05, 0) is 59.3 Å². The Kier molecular flexibility index (Phi) is 5.56. The number of amides is 1. The summed E-state index contributed by atoms with van der Waals surface area (Å²) in [6, 6.07) is 0.664. The SMILES string of the molecule is Cc1c(CNC(=O)C2CCCN(C3CCN(C)CC3)C2)cnn1C. The minimum Gasteiger partial charge on any atom is -0.352 e. The number of aromatic nitrogens is 2. The Balaban J connectivity index is 1.50. The van der Waals surface area contributed by atoms with Gasteiger partial charge in [0.25, 0.3) is 0 Å². The molecule has 1 amide bonds. The maximum absolute atomic E-state index is 12.6. The van der Waals surface area contributed by atoms with Gasteiger partial charge in [0.05, 0.1) is 12.1 Å². The molecular formula is C18H31N5O. The molecule has 6 heteroatoms. The average Bonchev–Trinajstić information content (AvgIpc) is 2.92. The number of nitrogens with zero attached hydrogens (tertiary/aromatic N) is 4. The first-order chi connectivity index (χ1) is 11.5. The fraction of sp³-hybridized carbons (Fsp3) is 0.778. The molecule has 3 rings (SSSR count). The Hall–Kier alpha value is -1.40. The first-order valence-electron chi connectivity index (χ1n) is 9.22. The van der Waals surface area contributed by atoms with E-state index in [9.17, 15) is 4.79 Å². The molecule has 1 aromatic rings. The van der Waals surface area contributed by atoms with Crippen molar-refractivity contribution >= 4 is 5.91 Å². The largest absolute Gasteiger partial charge is 0.352 e. The van der Waals surface area contributed by atoms with Crippen molar-refractivity contribution in [3.8, 4) is 0 Å². The van der Waals surface area contributed by atoms with Crippen LogP contribution in [0.25, 0.3) is 0 Å². The summed E-state index contributed by atoms with van der Waals surface area (Å²) in [6.45, 7) is 7.06. The lowest BCUT2D eigenvalue weighted by molar-refractivity contribution is -0.127. The molecule has 0 radical (unpaired) electrons. The molecule has 0 aliphatic carbocycles. The summed E-state index contributed by atoms with van der Waals surface area (Å²) in [5.74, 6) is 0.339. The molecule has 2 saturated heterocycles. The third-order valence-corrected chi connectivity index (χ3v) is 5.82. The van der Waals surface area contributed by atoms with Crippen LogP contribution in [0.5, 0.6) is 0 Å². The third-order valence-electron chi connectivity index (χ3n) is 5.82. The van der Waals surface area contributed by atoms with Crippen LogP contribution in [0.4, 0.5) is 0 Å². The number of carbonyl (C=O) groups is 1. The van der Waals surface area contributed by atoms with E-state index >= 15 is 0 Å². The summed E-state index contributed by atoms with van der Waals surface area (Å²) in [4.78, 5) is 17.6. The summed E-state index contributed by atoms with van der Waals surface area (Å²) in [7, 11) is 4.13. The van der Waals surface area contributed by atoms with Crippen LogP contribution in [-0.4, -0.2) is 64.8 Å². The Labute approximate surface area is 145 Å². The van der Waals surface area contributed by atoms with Gasteiger partial charge in [0.2, 0.25) is 5.91 Å². The molecular weight excluding hydrogens is 302 g/mol. The van der Waals surface area contributed by atoms with Gasteiger partial charge in [-0.1, -0.05) is 0 Å². The lowest BCUT2D eigenvalue weighted by Gasteiger charge is -2.41. The highest BCUT2D eigenvalue weighted by atomic mass is 16.1. The molecule has 0 saturated carbocycles. The first-order valence-corrected chi connectivity index (χ1v) is 9.22. The van der Waals surface area contributed by atoms with Crippen LogP contribution in [0.1, 0.15) is 36.9 Å². The van der Waals surface area contributed by atoms with E-state index in [0.29, 0.717) is 12.6 Å². The van der Waals surface area contributed by atoms with E-state index in [1.807, 2.05) is 24.9 Å². The van der Waals surface area contributed by atoms with E-state index in [2.05, 4.69) is 27.3 Å².